The van der Waals surface area contributed by atoms with Crippen molar-refractivity contribution in [1.82, 2.24) is 0 Å². The van der Waals surface area contributed by atoms with Crippen molar-refractivity contribution < 1.29 is 8.83 Å². The van der Waals surface area contributed by atoms with E-state index in [0.29, 0.717) is 0 Å². The van der Waals surface area contributed by atoms with Gasteiger partial charge in [-0.25, -0.2) is 0 Å². The molecule has 0 aliphatic heterocycles. The zero-order valence-corrected chi connectivity index (χ0v) is 42.0. The molecule has 3 aromatic heterocycles. The molecule has 0 N–H and O–H groups in total. The Morgan fingerprint density at radius 1 is 0.240 bits per heavy atom. The third kappa shape index (κ3) is 5.91. The van der Waals surface area contributed by atoms with Gasteiger partial charge in [-0.2, -0.15) is 0 Å². The van der Waals surface area contributed by atoms with Crippen LogP contribution < -0.4 is 0 Å². The molecule has 17 aromatic rings. The predicted molar refractivity (Wildman–Crippen MR) is 320 cm³/mol. The van der Waals surface area contributed by atoms with Crippen LogP contribution in [0.15, 0.2) is 251 Å². The van der Waals surface area contributed by atoms with Crippen molar-refractivity contribution in [2.45, 2.75) is 0 Å². The van der Waals surface area contributed by atoms with Crippen LogP contribution in [-0.4, -0.2) is 14.5 Å². The molecule has 346 valence electrons. The summed E-state index contributed by atoms with van der Waals surface area (Å²) in [4.78, 5) is 0. The van der Waals surface area contributed by atoms with E-state index in [0.717, 1.165) is 33.1 Å². The molecule has 0 unspecified atom stereocenters. The number of furan rings is 2. The van der Waals surface area contributed by atoms with Crippen LogP contribution in [0.2, 0.25) is 0 Å². The third-order valence-electron chi connectivity index (χ3n) is 16.2. The number of rotatable bonds is 4. The van der Waals surface area contributed by atoms with Crippen molar-refractivity contribution in [2.75, 3.05) is 0 Å². The quantitative estimate of drug-likeness (QED) is 0.130. The van der Waals surface area contributed by atoms with Gasteiger partial charge in [0.1, 0.15) is 5.58 Å². The van der Waals surface area contributed by atoms with Gasteiger partial charge < -0.3 is 4.42 Å². The molecule has 0 aliphatic carbocycles. The maximum atomic E-state index is 6.49. The molecular weight excluding hydrogens is 976 g/mol. The summed E-state index contributed by atoms with van der Waals surface area (Å²) >= 11 is 0.0893. The van der Waals surface area contributed by atoms with Gasteiger partial charge >= 0.3 is 357 Å². The van der Waals surface area contributed by atoms with Gasteiger partial charge in [0.25, 0.3) is 0 Å². The Balaban J connectivity index is 0.854. The number of hydrogen-bond acceptors (Lipinski definition) is 2. The molecule has 0 saturated carbocycles. The zero-order valence-electron chi connectivity index (χ0n) is 40.3. The van der Waals surface area contributed by atoms with Gasteiger partial charge in [-0.3, -0.25) is 0 Å². The average molecular weight is 1020 g/mol. The van der Waals surface area contributed by atoms with Crippen LogP contribution in [0.3, 0.4) is 0 Å². The van der Waals surface area contributed by atoms with Crippen molar-refractivity contribution in [3.63, 3.8) is 0 Å². The molecule has 3 heterocycles. The van der Waals surface area contributed by atoms with E-state index in [9.17, 15) is 0 Å². The van der Waals surface area contributed by atoms with Crippen molar-refractivity contribution in [3.05, 3.63) is 243 Å². The van der Waals surface area contributed by atoms with Gasteiger partial charge in [0.2, 0.25) is 0 Å². The molecule has 0 bridgehead atoms. The first-order valence-electron chi connectivity index (χ1n) is 25.7. The Hall–Kier alpha value is -9.24. The topological polar surface area (TPSA) is 26.3 Å². The number of benzene rings is 14. The van der Waals surface area contributed by atoms with Gasteiger partial charge in [0.05, 0.1) is 0 Å². The molecule has 0 atom stereocenters. The first kappa shape index (κ1) is 41.3. The Morgan fingerprint density at radius 3 is 1.05 bits per heavy atom. The van der Waals surface area contributed by atoms with E-state index in [2.05, 4.69) is 243 Å². The molecule has 2 nitrogen and oxygen atoms in total. The molecule has 3 heteroatoms. The third-order valence-corrected chi connectivity index (χ3v) is 18.8. The molecule has 0 amide bonds. The molecule has 0 radical (unpaired) electrons. The fourth-order valence-electron chi connectivity index (χ4n) is 13.0. The van der Waals surface area contributed by atoms with Crippen LogP contribution in [0.4, 0.5) is 0 Å². The minimum atomic E-state index is 0.0893. The summed E-state index contributed by atoms with van der Waals surface area (Å²) in [5.74, 6) is 0. The Bertz CT molecular complexity index is 5200. The first-order valence-corrected chi connectivity index (χ1v) is 27.4. The molecule has 0 spiro atoms. The predicted octanol–water partition coefficient (Wildman–Crippen LogP) is 20.4. The molecule has 0 fully saturated rings. The van der Waals surface area contributed by atoms with E-state index >= 15 is 0 Å². The second-order valence-electron chi connectivity index (χ2n) is 20.1. The molecule has 14 aromatic carbocycles. The summed E-state index contributed by atoms with van der Waals surface area (Å²) in [7, 11) is 0. The molecule has 17 rings (SSSR count). The summed E-state index contributed by atoms with van der Waals surface area (Å²) < 4.78 is 15.8. The van der Waals surface area contributed by atoms with Crippen molar-refractivity contribution in [1.29, 1.82) is 0 Å². The van der Waals surface area contributed by atoms with Gasteiger partial charge in [0.15, 0.2) is 0 Å². The SMILES string of the molecule is c1ccc2c(c1)ccc1oc3ccc(-c4c5ccccc5c(-c5ccc6[se]c7c(-c8c9ccccc9c(-c9ccc%10oc%11ccc%12ccccc%12c%11c%10c9)c9ccccc89)cccc7c6c5)c5ccccc45)cc3c12. The summed E-state index contributed by atoms with van der Waals surface area (Å²) in [5, 5.41) is 22.2. The van der Waals surface area contributed by atoms with Crippen LogP contribution in [0.25, 0.3) is 172 Å². The van der Waals surface area contributed by atoms with E-state index < -0.39 is 0 Å². The van der Waals surface area contributed by atoms with Crippen LogP contribution in [0.1, 0.15) is 0 Å². The van der Waals surface area contributed by atoms with Gasteiger partial charge in [0, 0.05) is 0 Å². The normalized spacial score (nSPS) is 12.3. The molecular formula is C72H40O2Se. The van der Waals surface area contributed by atoms with Crippen molar-refractivity contribution >= 4 is 142 Å². The van der Waals surface area contributed by atoms with Gasteiger partial charge in [-0.05, 0) is 16.8 Å². The first-order chi connectivity index (χ1) is 37.2. The van der Waals surface area contributed by atoms with E-state index in [-0.39, 0.29) is 14.5 Å². The van der Waals surface area contributed by atoms with Crippen molar-refractivity contribution in [2.24, 2.45) is 0 Å². The summed E-state index contributed by atoms with van der Waals surface area (Å²) in [6.45, 7) is 0. The van der Waals surface area contributed by atoms with Crippen LogP contribution in [0.5, 0.6) is 0 Å². The van der Waals surface area contributed by atoms with Gasteiger partial charge in [-0.15, -0.1) is 0 Å². The molecule has 75 heavy (non-hydrogen) atoms. The van der Waals surface area contributed by atoms with E-state index in [1.807, 2.05) is 0 Å². The molecule has 0 saturated heterocycles. The van der Waals surface area contributed by atoms with E-state index in [1.54, 1.807) is 0 Å². The maximum absolute atomic E-state index is 6.49. The van der Waals surface area contributed by atoms with E-state index in [4.69, 9.17) is 8.83 Å². The monoisotopic (exact) mass is 1020 g/mol. The summed E-state index contributed by atoms with van der Waals surface area (Å²) in [6.07, 6.45) is 0. The Labute approximate surface area is 435 Å². The van der Waals surface area contributed by atoms with Gasteiger partial charge in [-0.1, -0.05) is 54.6 Å². The molecule has 0 aliphatic rings. The second-order valence-corrected chi connectivity index (χ2v) is 22.3. The fourth-order valence-corrected chi connectivity index (χ4v) is 15.6. The summed E-state index contributed by atoms with van der Waals surface area (Å²) in [6, 6.07) is 89.8. The second kappa shape index (κ2) is 15.6. The standard InChI is InChI=1S/C72H40O2Se/c1-3-16-46-41(14-1)28-35-63-70(46)59-39-43(30-33-61(59)73-63)66-48-18-5-7-20-50(48)68(51-21-8-6-19-49(51)66)45-32-37-65-58(38-45)56-26-13-27-57(72(56)75-65)69-54-24-11-9-22-52(54)67(53-23-10-12-25-55(53)69)44-31-34-62-60(40-44)71-47-17-4-2-15-42(47)29-36-64(71)74-62/h1-40H. The average Bonchev–Trinajstić information content (AvgIpc) is 4.20. The fraction of sp³-hybridized carbons (Fsp3) is 0. The number of hydrogen-bond donors (Lipinski definition) is 0. The van der Waals surface area contributed by atoms with Crippen LogP contribution >= 0.6 is 0 Å². The van der Waals surface area contributed by atoms with E-state index in [1.165, 1.54) is 139 Å². The zero-order chi connectivity index (χ0) is 48.9. The van der Waals surface area contributed by atoms with Crippen LogP contribution in [0, 0.1) is 0 Å². The summed E-state index contributed by atoms with van der Waals surface area (Å²) in [5.41, 5.74) is 13.7. The Morgan fingerprint density at radius 2 is 0.600 bits per heavy atom. The Kier molecular flexibility index (Phi) is 8.60. The minimum absolute atomic E-state index is 0.0893. The number of fused-ring (bicyclic) bond motifs is 17. The van der Waals surface area contributed by atoms with Crippen LogP contribution in [-0.2, 0) is 0 Å². The van der Waals surface area contributed by atoms with Crippen molar-refractivity contribution in [3.8, 4) is 44.5 Å².